The van der Waals surface area contributed by atoms with Gasteiger partial charge < -0.3 is 9.73 Å². The lowest BCUT2D eigenvalue weighted by molar-refractivity contribution is -0.124. The number of carbonyl (C=O) groups excluding carboxylic acids is 1. The largest absolute Gasteiger partial charge is 0.466 e. The van der Waals surface area contributed by atoms with E-state index in [0.29, 0.717) is 0 Å². The minimum atomic E-state index is -0.356. The van der Waals surface area contributed by atoms with Gasteiger partial charge in [-0.25, -0.2) is 9.67 Å². The minimum Gasteiger partial charge on any atom is -0.466 e. The first kappa shape index (κ1) is 14.3. The summed E-state index contributed by atoms with van der Waals surface area (Å²) in [5, 5.41) is 6.95. The van der Waals surface area contributed by atoms with Crippen molar-refractivity contribution in [3.05, 3.63) is 36.3 Å². The molecule has 2 rings (SSSR count). The molecule has 1 N–H and O–H groups in total. The zero-order valence-corrected chi connectivity index (χ0v) is 12.0. The van der Waals surface area contributed by atoms with E-state index in [0.717, 1.165) is 24.4 Å². The van der Waals surface area contributed by atoms with Crippen LogP contribution < -0.4 is 5.32 Å². The number of hydrogen-bond acceptors (Lipinski definition) is 4. The molecule has 0 aliphatic rings. The Balaban J connectivity index is 1.79. The molecule has 0 spiro atoms. The lowest BCUT2D eigenvalue weighted by Gasteiger charge is -2.17. The zero-order chi connectivity index (χ0) is 14.5. The summed E-state index contributed by atoms with van der Waals surface area (Å²) >= 11 is 0. The Hall–Kier alpha value is -2.11. The standard InChI is InChI=1S/C14H20N4O2/c1-10(4-6-13-7-5-11(2)20-13)17-14(19)12(3)18-9-15-8-16-18/h5,7-10,12H,4,6H2,1-3H3,(H,17,19)/t10-,12-/m0/s1. The van der Waals surface area contributed by atoms with Gasteiger partial charge in [0.25, 0.3) is 0 Å². The summed E-state index contributed by atoms with van der Waals surface area (Å²) < 4.78 is 7.05. The number of furan rings is 1. The molecule has 0 unspecified atom stereocenters. The van der Waals surface area contributed by atoms with E-state index in [1.807, 2.05) is 26.0 Å². The summed E-state index contributed by atoms with van der Waals surface area (Å²) in [6, 6.07) is 3.65. The fraction of sp³-hybridized carbons (Fsp3) is 0.500. The van der Waals surface area contributed by atoms with Gasteiger partial charge in [0, 0.05) is 12.5 Å². The maximum atomic E-state index is 12.0. The molecule has 0 saturated carbocycles. The Morgan fingerprint density at radius 3 is 2.85 bits per heavy atom. The molecule has 0 saturated heterocycles. The van der Waals surface area contributed by atoms with Crippen LogP contribution in [-0.4, -0.2) is 26.7 Å². The van der Waals surface area contributed by atoms with Crippen LogP contribution in [0.4, 0.5) is 0 Å². The fourth-order valence-electron chi connectivity index (χ4n) is 1.95. The van der Waals surface area contributed by atoms with E-state index < -0.39 is 0 Å². The molecule has 2 aromatic rings. The molecule has 0 radical (unpaired) electrons. The topological polar surface area (TPSA) is 73.0 Å². The van der Waals surface area contributed by atoms with E-state index in [1.54, 1.807) is 13.3 Å². The third-order valence-electron chi connectivity index (χ3n) is 3.22. The number of aromatic nitrogens is 3. The first-order valence-electron chi connectivity index (χ1n) is 6.76. The minimum absolute atomic E-state index is 0.0568. The van der Waals surface area contributed by atoms with E-state index in [9.17, 15) is 4.79 Å². The highest BCUT2D eigenvalue weighted by molar-refractivity contribution is 5.79. The van der Waals surface area contributed by atoms with Crippen LogP contribution in [0.25, 0.3) is 0 Å². The molecule has 0 fully saturated rings. The third-order valence-corrected chi connectivity index (χ3v) is 3.22. The second-order valence-electron chi connectivity index (χ2n) is 5.01. The molecule has 108 valence electrons. The van der Waals surface area contributed by atoms with Gasteiger partial charge in [-0.2, -0.15) is 5.10 Å². The Bertz CT molecular complexity index is 547. The number of nitrogens with zero attached hydrogens (tertiary/aromatic N) is 3. The summed E-state index contributed by atoms with van der Waals surface area (Å²) in [4.78, 5) is 15.9. The molecule has 20 heavy (non-hydrogen) atoms. The number of rotatable bonds is 6. The Morgan fingerprint density at radius 2 is 2.25 bits per heavy atom. The van der Waals surface area contributed by atoms with E-state index in [2.05, 4.69) is 15.4 Å². The molecular weight excluding hydrogens is 256 g/mol. The van der Waals surface area contributed by atoms with Gasteiger partial charge in [0.15, 0.2) is 0 Å². The quantitative estimate of drug-likeness (QED) is 0.874. The van der Waals surface area contributed by atoms with E-state index in [-0.39, 0.29) is 18.0 Å². The Labute approximate surface area is 118 Å². The maximum absolute atomic E-state index is 12.0. The van der Waals surface area contributed by atoms with Crippen LogP contribution in [0.1, 0.15) is 37.8 Å². The van der Waals surface area contributed by atoms with Crippen LogP contribution in [0.3, 0.4) is 0 Å². The monoisotopic (exact) mass is 276 g/mol. The van der Waals surface area contributed by atoms with Gasteiger partial charge in [0.05, 0.1) is 0 Å². The van der Waals surface area contributed by atoms with E-state index in [4.69, 9.17) is 4.42 Å². The summed E-state index contributed by atoms with van der Waals surface area (Å²) in [6.45, 7) is 5.71. The second kappa shape index (κ2) is 6.36. The normalized spacial score (nSPS) is 13.9. The van der Waals surface area contributed by atoms with Crippen LogP contribution in [0.5, 0.6) is 0 Å². The van der Waals surface area contributed by atoms with Gasteiger partial charge in [0.1, 0.15) is 30.2 Å². The van der Waals surface area contributed by atoms with Crippen molar-refractivity contribution in [2.45, 2.75) is 45.7 Å². The third kappa shape index (κ3) is 3.69. The molecule has 0 bridgehead atoms. The van der Waals surface area contributed by atoms with E-state index in [1.165, 1.54) is 11.0 Å². The van der Waals surface area contributed by atoms with Crippen LogP contribution in [0, 0.1) is 6.92 Å². The lowest BCUT2D eigenvalue weighted by Crippen LogP contribution is -2.37. The summed E-state index contributed by atoms with van der Waals surface area (Å²) in [6.07, 6.45) is 4.61. The van der Waals surface area contributed by atoms with Crippen molar-refractivity contribution in [3.63, 3.8) is 0 Å². The van der Waals surface area contributed by atoms with Crippen LogP contribution in [0.15, 0.2) is 29.2 Å². The summed E-state index contributed by atoms with van der Waals surface area (Å²) in [5.41, 5.74) is 0. The van der Waals surface area contributed by atoms with Gasteiger partial charge in [0.2, 0.25) is 5.91 Å². The summed E-state index contributed by atoms with van der Waals surface area (Å²) in [5.74, 6) is 1.81. The second-order valence-corrected chi connectivity index (χ2v) is 5.01. The van der Waals surface area contributed by atoms with Crippen LogP contribution >= 0.6 is 0 Å². The number of nitrogens with one attached hydrogen (secondary N) is 1. The smallest absolute Gasteiger partial charge is 0.244 e. The number of aryl methyl sites for hydroxylation is 2. The van der Waals surface area contributed by atoms with Crippen molar-refractivity contribution in [2.75, 3.05) is 0 Å². The van der Waals surface area contributed by atoms with Crippen LogP contribution in [-0.2, 0) is 11.2 Å². The molecule has 1 amide bonds. The molecule has 6 heteroatoms. The number of amides is 1. The van der Waals surface area contributed by atoms with Gasteiger partial charge in [-0.3, -0.25) is 4.79 Å². The van der Waals surface area contributed by atoms with Gasteiger partial charge in [-0.05, 0) is 39.3 Å². The fourth-order valence-corrected chi connectivity index (χ4v) is 1.95. The van der Waals surface area contributed by atoms with Gasteiger partial charge in [-0.15, -0.1) is 0 Å². The highest BCUT2D eigenvalue weighted by atomic mass is 16.3. The SMILES string of the molecule is Cc1ccc(CC[C@H](C)NC(=O)[C@H](C)n2cncn2)o1. The lowest BCUT2D eigenvalue weighted by atomic mass is 10.1. The predicted molar refractivity (Wildman–Crippen MR) is 74.1 cm³/mol. The molecular formula is C14H20N4O2. The van der Waals surface area contributed by atoms with Crippen molar-refractivity contribution in [1.29, 1.82) is 0 Å². The van der Waals surface area contributed by atoms with E-state index >= 15 is 0 Å². The summed E-state index contributed by atoms with van der Waals surface area (Å²) in [7, 11) is 0. The highest BCUT2D eigenvalue weighted by Gasteiger charge is 2.17. The first-order valence-corrected chi connectivity index (χ1v) is 6.76. The van der Waals surface area contributed by atoms with Crippen molar-refractivity contribution in [3.8, 4) is 0 Å². The zero-order valence-electron chi connectivity index (χ0n) is 12.0. The Kier molecular flexibility index (Phi) is 4.55. The molecule has 2 atom stereocenters. The van der Waals surface area contributed by atoms with Crippen LogP contribution in [0.2, 0.25) is 0 Å². The average molecular weight is 276 g/mol. The molecule has 2 heterocycles. The van der Waals surface area contributed by atoms with Crippen molar-refractivity contribution >= 4 is 5.91 Å². The highest BCUT2D eigenvalue weighted by Crippen LogP contribution is 2.10. The van der Waals surface area contributed by atoms with Gasteiger partial charge >= 0.3 is 0 Å². The molecule has 2 aromatic heterocycles. The maximum Gasteiger partial charge on any atom is 0.244 e. The molecule has 0 aromatic carbocycles. The number of hydrogen-bond donors (Lipinski definition) is 1. The number of carbonyl (C=O) groups is 1. The predicted octanol–water partition coefficient (Wildman–Crippen LogP) is 1.88. The van der Waals surface area contributed by atoms with Crippen molar-refractivity contribution in [1.82, 2.24) is 20.1 Å². The van der Waals surface area contributed by atoms with Gasteiger partial charge in [-0.1, -0.05) is 0 Å². The van der Waals surface area contributed by atoms with Crippen molar-refractivity contribution < 1.29 is 9.21 Å². The first-order chi connectivity index (χ1) is 9.56. The molecule has 0 aliphatic heterocycles. The average Bonchev–Trinajstić information content (AvgIpc) is 3.06. The molecule has 0 aliphatic carbocycles. The molecule has 6 nitrogen and oxygen atoms in total. The van der Waals surface area contributed by atoms with Crippen molar-refractivity contribution in [2.24, 2.45) is 0 Å². The Morgan fingerprint density at radius 1 is 1.45 bits per heavy atom.